The van der Waals surface area contributed by atoms with E-state index in [0.29, 0.717) is 0 Å². The number of benzene rings is 7. The zero-order valence-corrected chi connectivity index (χ0v) is 33.6. The standard InChI is InChI=1S/C54H47NSi/c1-4-54(5-2)50-36-40(39-28-34-53-49(35-39)48-23-15-16-24-52(48)55(53)41-29-25-38(3)26-30-41)27-32-46(50)47-33-31-45(37-51(47)54)56(42-17-9-6-10-18-42,43-19-11-7-12-20-43)44-21-13-8-14-22-44/h6-15,17-23,25-37H,4-5,16,24H2,1-3H3. The van der Waals surface area contributed by atoms with Gasteiger partial charge in [-0.05, 0) is 117 Å². The van der Waals surface area contributed by atoms with Gasteiger partial charge >= 0.3 is 0 Å². The summed E-state index contributed by atoms with van der Waals surface area (Å²) in [5.74, 6) is 0. The monoisotopic (exact) mass is 737 g/mol. The smallest absolute Gasteiger partial charge is 0.179 e. The van der Waals surface area contributed by atoms with Crippen molar-refractivity contribution in [2.45, 2.75) is 51.9 Å². The minimum atomic E-state index is -2.67. The maximum absolute atomic E-state index is 2.67. The molecule has 1 nitrogen and oxygen atoms in total. The van der Waals surface area contributed by atoms with E-state index in [1.54, 1.807) is 0 Å². The van der Waals surface area contributed by atoms with Crippen molar-refractivity contribution in [3.8, 4) is 27.9 Å². The maximum atomic E-state index is 2.64. The molecule has 10 rings (SSSR count). The SMILES string of the molecule is CCC1(CC)c2cc(-c3ccc4c(c3)c3c(n4-c4ccc(C)cc4)CCC=C3)ccc2-c2ccc([Si](c3ccccc3)(c3ccccc3)c3ccccc3)cc21. The molecular formula is C54H47NSi. The molecule has 1 aromatic heterocycles. The lowest BCUT2D eigenvalue weighted by Gasteiger charge is -2.36. The second-order valence-corrected chi connectivity index (χ2v) is 19.7. The number of rotatable bonds is 8. The van der Waals surface area contributed by atoms with Gasteiger partial charge in [0.1, 0.15) is 0 Å². The lowest BCUT2D eigenvalue weighted by molar-refractivity contribution is 0.491. The highest BCUT2D eigenvalue weighted by atomic mass is 28.3. The molecule has 0 N–H and O–H groups in total. The van der Waals surface area contributed by atoms with Gasteiger partial charge in [0.05, 0.1) is 5.52 Å². The second kappa shape index (κ2) is 13.7. The van der Waals surface area contributed by atoms with Crippen LogP contribution in [-0.2, 0) is 11.8 Å². The Morgan fingerprint density at radius 2 is 1.11 bits per heavy atom. The van der Waals surface area contributed by atoms with Crippen molar-refractivity contribution in [2.24, 2.45) is 0 Å². The molecule has 8 aromatic rings. The lowest BCUT2D eigenvalue weighted by Crippen LogP contribution is -2.74. The number of allylic oxidation sites excluding steroid dienone is 1. The normalized spacial score (nSPS) is 14.1. The Bertz CT molecular complexity index is 2650. The van der Waals surface area contributed by atoms with Crippen molar-refractivity contribution in [1.29, 1.82) is 0 Å². The zero-order valence-electron chi connectivity index (χ0n) is 32.6. The lowest BCUT2D eigenvalue weighted by atomic mass is 9.73. The first-order valence-corrected chi connectivity index (χ1v) is 22.4. The molecule has 2 aliphatic carbocycles. The summed E-state index contributed by atoms with van der Waals surface area (Å²) >= 11 is 0. The van der Waals surface area contributed by atoms with Gasteiger partial charge in [-0.25, -0.2) is 0 Å². The van der Waals surface area contributed by atoms with Crippen LogP contribution in [-0.4, -0.2) is 12.6 Å². The van der Waals surface area contributed by atoms with E-state index in [9.17, 15) is 0 Å². The molecule has 0 saturated heterocycles. The highest BCUT2D eigenvalue weighted by Gasteiger charge is 2.45. The molecule has 0 saturated carbocycles. The quantitative estimate of drug-likeness (QED) is 0.108. The molecule has 0 aliphatic heterocycles. The van der Waals surface area contributed by atoms with Crippen molar-refractivity contribution in [1.82, 2.24) is 4.57 Å². The van der Waals surface area contributed by atoms with Crippen molar-refractivity contribution < 1.29 is 0 Å². The van der Waals surface area contributed by atoms with Crippen LogP contribution in [0.25, 0.3) is 44.9 Å². The van der Waals surface area contributed by atoms with Crippen molar-refractivity contribution >= 4 is 45.8 Å². The third-order valence-corrected chi connectivity index (χ3v) is 18.0. The van der Waals surface area contributed by atoms with Gasteiger partial charge in [-0.3, -0.25) is 0 Å². The Labute approximate surface area is 332 Å². The second-order valence-electron chi connectivity index (χ2n) is 15.9. The fourth-order valence-corrected chi connectivity index (χ4v) is 15.1. The van der Waals surface area contributed by atoms with Gasteiger partial charge in [0.25, 0.3) is 0 Å². The highest BCUT2D eigenvalue weighted by molar-refractivity contribution is 7.19. The Balaban J connectivity index is 1.14. The van der Waals surface area contributed by atoms with E-state index in [4.69, 9.17) is 0 Å². The van der Waals surface area contributed by atoms with Crippen LogP contribution in [0.4, 0.5) is 0 Å². The summed E-state index contributed by atoms with van der Waals surface area (Å²) in [5.41, 5.74) is 14.8. The largest absolute Gasteiger partial charge is 0.313 e. The number of hydrogen-bond donors (Lipinski definition) is 0. The average Bonchev–Trinajstić information content (AvgIpc) is 3.74. The van der Waals surface area contributed by atoms with E-state index < -0.39 is 8.07 Å². The maximum Gasteiger partial charge on any atom is 0.179 e. The van der Waals surface area contributed by atoms with Crippen LogP contribution in [0.2, 0.25) is 0 Å². The summed E-state index contributed by atoms with van der Waals surface area (Å²) in [4.78, 5) is 0. The van der Waals surface area contributed by atoms with Crippen LogP contribution in [0.5, 0.6) is 0 Å². The molecule has 0 spiro atoms. The Hall–Kier alpha value is -5.96. The third-order valence-electron chi connectivity index (χ3n) is 13.2. The van der Waals surface area contributed by atoms with Crippen LogP contribution in [0, 0.1) is 6.92 Å². The number of fused-ring (bicyclic) bond motifs is 6. The van der Waals surface area contributed by atoms with Gasteiger partial charge in [0.2, 0.25) is 0 Å². The van der Waals surface area contributed by atoms with E-state index >= 15 is 0 Å². The van der Waals surface area contributed by atoms with Crippen LogP contribution < -0.4 is 20.7 Å². The zero-order chi connectivity index (χ0) is 37.9. The Kier molecular flexibility index (Phi) is 8.42. The summed E-state index contributed by atoms with van der Waals surface area (Å²) in [7, 11) is -2.67. The number of nitrogens with zero attached hydrogens (tertiary/aromatic N) is 1. The van der Waals surface area contributed by atoms with Crippen molar-refractivity contribution in [3.63, 3.8) is 0 Å². The molecule has 0 unspecified atom stereocenters. The molecule has 2 heteroatoms. The number of aryl methyl sites for hydroxylation is 1. The van der Waals surface area contributed by atoms with Crippen molar-refractivity contribution in [3.05, 3.63) is 204 Å². The highest BCUT2D eigenvalue weighted by Crippen LogP contribution is 2.53. The van der Waals surface area contributed by atoms with Crippen LogP contribution in [0.15, 0.2) is 176 Å². The van der Waals surface area contributed by atoms with Crippen LogP contribution in [0.1, 0.15) is 61.1 Å². The Morgan fingerprint density at radius 3 is 1.71 bits per heavy atom. The topological polar surface area (TPSA) is 4.93 Å². The van der Waals surface area contributed by atoms with Crippen LogP contribution in [0.3, 0.4) is 0 Å². The first kappa shape index (κ1) is 34.5. The van der Waals surface area contributed by atoms with Gasteiger partial charge in [0.15, 0.2) is 8.07 Å². The van der Waals surface area contributed by atoms with E-state index in [0.717, 1.165) is 25.7 Å². The molecule has 0 bridgehead atoms. The van der Waals surface area contributed by atoms with Crippen molar-refractivity contribution in [2.75, 3.05) is 0 Å². The molecule has 0 amide bonds. The molecule has 0 atom stereocenters. The number of aromatic nitrogens is 1. The molecule has 2 aliphatic rings. The summed E-state index contributed by atoms with van der Waals surface area (Å²) < 4.78 is 2.50. The summed E-state index contributed by atoms with van der Waals surface area (Å²) in [6.45, 7) is 6.96. The predicted molar refractivity (Wildman–Crippen MR) is 241 cm³/mol. The average molecular weight is 738 g/mol. The molecule has 0 fully saturated rings. The molecule has 1 heterocycles. The van der Waals surface area contributed by atoms with E-state index in [-0.39, 0.29) is 5.41 Å². The Morgan fingerprint density at radius 1 is 0.554 bits per heavy atom. The molecule has 56 heavy (non-hydrogen) atoms. The predicted octanol–water partition coefficient (Wildman–Crippen LogP) is 11.0. The molecule has 7 aromatic carbocycles. The van der Waals surface area contributed by atoms with E-state index in [1.165, 1.54) is 87.5 Å². The van der Waals surface area contributed by atoms with Gasteiger partial charge in [-0.15, -0.1) is 0 Å². The van der Waals surface area contributed by atoms with E-state index in [1.807, 2.05) is 0 Å². The fraction of sp³-hybridized carbons (Fsp3) is 0.148. The first-order chi connectivity index (χ1) is 27.6. The van der Waals surface area contributed by atoms with Crippen LogP contribution >= 0.6 is 0 Å². The van der Waals surface area contributed by atoms with Gasteiger partial charge in [-0.2, -0.15) is 0 Å². The molecular weight excluding hydrogens is 691 g/mol. The molecule has 0 radical (unpaired) electrons. The third kappa shape index (κ3) is 5.12. The minimum Gasteiger partial charge on any atom is -0.313 e. The fourth-order valence-electron chi connectivity index (χ4n) is 10.4. The molecule has 272 valence electrons. The van der Waals surface area contributed by atoms with Gasteiger partial charge < -0.3 is 4.57 Å². The summed E-state index contributed by atoms with van der Waals surface area (Å²) in [6, 6.07) is 65.0. The van der Waals surface area contributed by atoms with E-state index in [2.05, 4.69) is 207 Å². The summed E-state index contributed by atoms with van der Waals surface area (Å²) in [6.07, 6.45) is 8.93. The first-order valence-electron chi connectivity index (χ1n) is 20.4. The number of hydrogen-bond acceptors (Lipinski definition) is 0. The van der Waals surface area contributed by atoms with Gasteiger partial charge in [0, 0.05) is 27.7 Å². The van der Waals surface area contributed by atoms with Gasteiger partial charge in [-0.1, -0.05) is 171 Å². The minimum absolute atomic E-state index is 0.0817. The summed E-state index contributed by atoms with van der Waals surface area (Å²) in [5, 5.41) is 7.02.